The lowest BCUT2D eigenvalue weighted by Crippen LogP contribution is -2.42. The van der Waals surface area contributed by atoms with Gasteiger partial charge in [-0.25, -0.2) is 8.78 Å². The third-order valence-corrected chi connectivity index (χ3v) is 3.75. The molecule has 0 fully saturated rings. The Bertz CT molecular complexity index is 523. The summed E-state index contributed by atoms with van der Waals surface area (Å²) in [6.45, 7) is 3.38. The van der Waals surface area contributed by atoms with Crippen LogP contribution >= 0.6 is 11.8 Å². The van der Waals surface area contributed by atoms with E-state index in [4.69, 9.17) is 0 Å². The highest BCUT2D eigenvalue weighted by molar-refractivity contribution is 8.00. The van der Waals surface area contributed by atoms with Crippen LogP contribution in [0.1, 0.15) is 13.8 Å². The van der Waals surface area contributed by atoms with E-state index in [1.165, 1.54) is 18.1 Å². The number of benzene rings is 1. The summed E-state index contributed by atoms with van der Waals surface area (Å²) in [5, 5.41) is 0. The summed E-state index contributed by atoms with van der Waals surface area (Å²) < 4.78 is 30.8. The van der Waals surface area contributed by atoms with Gasteiger partial charge >= 0.3 is 5.97 Å². The van der Waals surface area contributed by atoms with Crippen LogP contribution in [0.15, 0.2) is 23.1 Å². The van der Waals surface area contributed by atoms with Gasteiger partial charge in [-0.05, 0) is 26.0 Å². The first kappa shape index (κ1) is 17.4. The van der Waals surface area contributed by atoms with E-state index in [2.05, 4.69) is 4.74 Å². The number of amides is 1. The van der Waals surface area contributed by atoms with Crippen molar-refractivity contribution in [3.05, 3.63) is 29.8 Å². The molecule has 0 aromatic heterocycles. The van der Waals surface area contributed by atoms with Crippen molar-refractivity contribution < 1.29 is 23.1 Å². The minimum absolute atomic E-state index is 0.0439. The molecule has 0 saturated carbocycles. The summed E-state index contributed by atoms with van der Waals surface area (Å²) >= 11 is 0.959. The summed E-state index contributed by atoms with van der Waals surface area (Å²) in [4.78, 5) is 24.9. The van der Waals surface area contributed by atoms with Gasteiger partial charge in [0.15, 0.2) is 0 Å². The molecule has 0 heterocycles. The second kappa shape index (κ2) is 7.97. The maximum atomic E-state index is 13.5. The lowest BCUT2D eigenvalue weighted by atomic mass is 10.3. The van der Waals surface area contributed by atoms with Gasteiger partial charge in [0.1, 0.15) is 18.2 Å². The molecule has 0 aliphatic heterocycles. The predicted octanol–water partition coefficient (Wildman–Crippen LogP) is 2.47. The van der Waals surface area contributed by atoms with E-state index < -0.39 is 17.6 Å². The van der Waals surface area contributed by atoms with E-state index in [1.807, 2.05) is 0 Å². The Hall–Kier alpha value is -1.63. The van der Waals surface area contributed by atoms with Gasteiger partial charge in [0, 0.05) is 17.0 Å². The zero-order valence-electron chi connectivity index (χ0n) is 12.1. The molecule has 0 aliphatic carbocycles. The number of esters is 1. The molecule has 0 atom stereocenters. The minimum Gasteiger partial charge on any atom is -0.468 e. The molecule has 21 heavy (non-hydrogen) atoms. The number of rotatable bonds is 6. The Morgan fingerprint density at radius 2 is 2.00 bits per heavy atom. The quantitative estimate of drug-likeness (QED) is 0.597. The molecule has 0 radical (unpaired) electrons. The highest BCUT2D eigenvalue weighted by Crippen LogP contribution is 2.22. The first-order valence-corrected chi connectivity index (χ1v) is 7.27. The first-order valence-electron chi connectivity index (χ1n) is 6.29. The fourth-order valence-electron chi connectivity index (χ4n) is 1.58. The first-order chi connectivity index (χ1) is 9.85. The molecule has 0 unspecified atom stereocenters. The summed E-state index contributed by atoms with van der Waals surface area (Å²) in [6, 6.07) is 2.99. The van der Waals surface area contributed by atoms with Crippen molar-refractivity contribution in [1.82, 2.24) is 4.90 Å². The van der Waals surface area contributed by atoms with Gasteiger partial charge in [0.25, 0.3) is 0 Å². The van der Waals surface area contributed by atoms with Gasteiger partial charge in [-0.1, -0.05) is 0 Å². The van der Waals surface area contributed by atoms with Crippen molar-refractivity contribution in [2.24, 2.45) is 0 Å². The Balaban J connectivity index is 2.67. The molecule has 116 valence electrons. The number of carbonyl (C=O) groups excluding carboxylic acids is 2. The highest BCUT2D eigenvalue weighted by Gasteiger charge is 2.21. The zero-order valence-corrected chi connectivity index (χ0v) is 12.9. The highest BCUT2D eigenvalue weighted by atomic mass is 32.2. The van der Waals surface area contributed by atoms with Crippen molar-refractivity contribution in [2.75, 3.05) is 19.4 Å². The lowest BCUT2D eigenvalue weighted by Gasteiger charge is -2.25. The molecule has 1 amide bonds. The number of nitrogens with zero attached hydrogens (tertiary/aromatic N) is 1. The van der Waals surface area contributed by atoms with Crippen molar-refractivity contribution in [2.45, 2.75) is 24.8 Å². The summed E-state index contributed by atoms with van der Waals surface area (Å²) in [7, 11) is 1.24. The average Bonchev–Trinajstić information content (AvgIpc) is 2.42. The third kappa shape index (κ3) is 5.34. The van der Waals surface area contributed by atoms with E-state index in [0.717, 1.165) is 23.9 Å². The predicted molar refractivity (Wildman–Crippen MR) is 75.9 cm³/mol. The van der Waals surface area contributed by atoms with Gasteiger partial charge < -0.3 is 9.64 Å². The Morgan fingerprint density at radius 1 is 1.33 bits per heavy atom. The largest absolute Gasteiger partial charge is 0.468 e. The van der Waals surface area contributed by atoms with Crippen molar-refractivity contribution in [3.8, 4) is 0 Å². The van der Waals surface area contributed by atoms with Crippen LogP contribution in [0.3, 0.4) is 0 Å². The zero-order chi connectivity index (χ0) is 16.0. The lowest BCUT2D eigenvalue weighted by molar-refractivity contribution is -0.147. The molecule has 0 bridgehead atoms. The number of carbonyl (C=O) groups is 2. The molecule has 4 nitrogen and oxygen atoms in total. The Labute approximate surface area is 126 Å². The number of hydrogen-bond donors (Lipinski definition) is 0. The maximum absolute atomic E-state index is 13.5. The van der Waals surface area contributed by atoms with Gasteiger partial charge in [0.2, 0.25) is 5.91 Å². The van der Waals surface area contributed by atoms with E-state index >= 15 is 0 Å². The second-order valence-electron chi connectivity index (χ2n) is 4.55. The molecule has 7 heteroatoms. The molecular weight excluding hydrogens is 300 g/mol. The van der Waals surface area contributed by atoms with Crippen LogP contribution < -0.4 is 0 Å². The number of ether oxygens (including phenoxy) is 1. The van der Waals surface area contributed by atoms with Crippen molar-refractivity contribution in [3.63, 3.8) is 0 Å². The maximum Gasteiger partial charge on any atom is 0.325 e. The second-order valence-corrected chi connectivity index (χ2v) is 5.57. The van der Waals surface area contributed by atoms with Crippen LogP contribution in [0, 0.1) is 11.6 Å². The average molecular weight is 317 g/mol. The summed E-state index contributed by atoms with van der Waals surface area (Å²) in [5.74, 6) is -2.26. The smallest absolute Gasteiger partial charge is 0.325 e. The Morgan fingerprint density at radius 3 is 2.52 bits per heavy atom. The number of methoxy groups -OCH3 is 1. The number of thioether (sulfide) groups is 1. The third-order valence-electron chi connectivity index (χ3n) is 2.72. The molecule has 1 aromatic rings. The van der Waals surface area contributed by atoms with Crippen molar-refractivity contribution in [1.29, 1.82) is 0 Å². The topological polar surface area (TPSA) is 46.6 Å². The van der Waals surface area contributed by atoms with Crippen LogP contribution in [0.2, 0.25) is 0 Å². The fourth-order valence-corrected chi connectivity index (χ4v) is 2.38. The van der Waals surface area contributed by atoms with E-state index in [9.17, 15) is 18.4 Å². The molecule has 0 saturated heterocycles. The molecule has 0 spiro atoms. The monoisotopic (exact) mass is 317 g/mol. The van der Waals surface area contributed by atoms with Gasteiger partial charge in [-0.3, -0.25) is 9.59 Å². The van der Waals surface area contributed by atoms with Crippen LogP contribution in [-0.4, -0.2) is 42.2 Å². The number of hydrogen-bond acceptors (Lipinski definition) is 4. The Kier molecular flexibility index (Phi) is 6.61. The van der Waals surface area contributed by atoms with Gasteiger partial charge in [0.05, 0.1) is 12.9 Å². The van der Waals surface area contributed by atoms with Crippen LogP contribution in [0.5, 0.6) is 0 Å². The number of halogens is 2. The molecule has 1 rings (SSSR count). The molecule has 0 aliphatic rings. The SMILES string of the molecule is COC(=O)CN(C(=O)CSc1ccc(F)cc1F)C(C)C. The molecule has 1 aromatic carbocycles. The van der Waals surface area contributed by atoms with E-state index in [1.54, 1.807) is 13.8 Å². The summed E-state index contributed by atoms with van der Waals surface area (Å²) in [6.07, 6.45) is 0. The van der Waals surface area contributed by atoms with E-state index in [-0.39, 0.29) is 29.1 Å². The fraction of sp³-hybridized carbons (Fsp3) is 0.429. The summed E-state index contributed by atoms with van der Waals surface area (Å²) in [5.41, 5.74) is 0. The van der Waals surface area contributed by atoms with Gasteiger partial charge in [-0.2, -0.15) is 0 Å². The van der Waals surface area contributed by atoms with Crippen LogP contribution in [-0.2, 0) is 14.3 Å². The van der Waals surface area contributed by atoms with Crippen LogP contribution in [0.4, 0.5) is 8.78 Å². The van der Waals surface area contributed by atoms with Crippen LogP contribution in [0.25, 0.3) is 0 Å². The minimum atomic E-state index is -0.711. The standard InChI is InChI=1S/C14H17F2NO3S/c1-9(2)17(7-14(19)20-3)13(18)8-21-12-5-4-10(15)6-11(12)16/h4-6,9H,7-8H2,1-3H3. The van der Waals surface area contributed by atoms with E-state index in [0.29, 0.717) is 0 Å². The van der Waals surface area contributed by atoms with Crippen molar-refractivity contribution >= 4 is 23.6 Å². The molecular formula is C14H17F2NO3S. The molecule has 0 N–H and O–H groups in total. The van der Waals surface area contributed by atoms with Gasteiger partial charge in [-0.15, -0.1) is 11.8 Å². The normalized spacial score (nSPS) is 10.6.